The van der Waals surface area contributed by atoms with E-state index in [4.69, 9.17) is 0 Å². The Balaban J connectivity index is 0.000000146. The molecule has 1 saturated heterocycles. The van der Waals surface area contributed by atoms with E-state index in [0.29, 0.717) is 50.1 Å². The minimum absolute atomic E-state index is 0.0380. The Hall–Kier alpha value is -4.03. The first kappa shape index (κ1) is 37.2. The number of amides is 4. The van der Waals surface area contributed by atoms with Crippen LogP contribution in [-0.4, -0.2) is 95.2 Å². The fourth-order valence-electron chi connectivity index (χ4n) is 7.00. The SMILES string of the molecule is CC1(C#N)Cc2ccccc2C(=O)N1CCNP.CC12CNCCN1C(=O)c1ccccc1C2.O=C1Cc2ccccc2C(=O)N1CCNP. The number of hydrogen-bond donors (Lipinski definition) is 3. The van der Waals surface area contributed by atoms with Crippen LogP contribution in [0.4, 0.5) is 0 Å². The maximum atomic E-state index is 12.4. The molecular formula is C37H45N7O4P2. The zero-order chi connectivity index (χ0) is 35.9. The molecule has 0 aliphatic carbocycles. The van der Waals surface area contributed by atoms with Crippen LogP contribution in [0.1, 0.15) is 61.6 Å². The highest BCUT2D eigenvalue weighted by atomic mass is 31.0. The molecule has 7 rings (SSSR count). The van der Waals surface area contributed by atoms with E-state index in [0.717, 1.165) is 42.7 Å². The average Bonchev–Trinajstić information content (AvgIpc) is 3.12. The van der Waals surface area contributed by atoms with Crippen LogP contribution in [0.25, 0.3) is 0 Å². The molecule has 50 heavy (non-hydrogen) atoms. The molecule has 13 heteroatoms. The van der Waals surface area contributed by atoms with Crippen molar-refractivity contribution < 1.29 is 19.2 Å². The number of fused-ring (bicyclic) bond motifs is 4. The number of benzene rings is 3. The highest BCUT2D eigenvalue weighted by Crippen LogP contribution is 2.32. The monoisotopic (exact) mass is 713 g/mol. The van der Waals surface area contributed by atoms with Gasteiger partial charge in [0.15, 0.2) is 0 Å². The van der Waals surface area contributed by atoms with Crippen LogP contribution in [0.5, 0.6) is 0 Å². The van der Waals surface area contributed by atoms with Crippen molar-refractivity contribution >= 4 is 42.4 Å². The summed E-state index contributed by atoms with van der Waals surface area (Å²) < 4.78 is 0. The number of nitriles is 1. The lowest BCUT2D eigenvalue weighted by Gasteiger charge is -2.48. The van der Waals surface area contributed by atoms with E-state index in [1.54, 1.807) is 11.0 Å². The fraction of sp³-hybridized carbons (Fsp3) is 0.378. The lowest BCUT2D eigenvalue weighted by atomic mass is 9.82. The van der Waals surface area contributed by atoms with Crippen molar-refractivity contribution in [3.05, 3.63) is 106 Å². The summed E-state index contributed by atoms with van der Waals surface area (Å²) in [6.07, 6.45) is 1.86. The number of nitrogens with one attached hydrogen (secondary N) is 3. The predicted octanol–water partition coefficient (Wildman–Crippen LogP) is 2.98. The second-order valence-corrected chi connectivity index (χ2v) is 14.1. The molecule has 4 aliphatic heterocycles. The van der Waals surface area contributed by atoms with Crippen LogP contribution in [-0.2, 0) is 24.1 Å². The van der Waals surface area contributed by atoms with Gasteiger partial charge >= 0.3 is 0 Å². The number of hydrogen-bond acceptors (Lipinski definition) is 8. The van der Waals surface area contributed by atoms with Gasteiger partial charge < -0.3 is 15.1 Å². The van der Waals surface area contributed by atoms with Gasteiger partial charge in [0.25, 0.3) is 17.7 Å². The first-order chi connectivity index (χ1) is 24.1. The van der Waals surface area contributed by atoms with Crippen molar-refractivity contribution in [3.8, 4) is 6.07 Å². The van der Waals surface area contributed by atoms with Gasteiger partial charge in [-0.15, -0.1) is 0 Å². The van der Waals surface area contributed by atoms with Gasteiger partial charge in [-0.1, -0.05) is 73.4 Å². The standard InChI is InChI=1S/C13H16N3OP.C13H16N2O.C11H13N2O2P/c1-13(9-14)8-10-4-2-3-5-11(10)12(17)16(13)7-6-15-18;1-13-8-10-4-2-3-5-11(10)12(16)15(13)7-6-14-9-13;14-10-7-8-3-1-2-4-9(8)11(15)13(10)6-5-12-16/h2-5,15H,6-8,18H2,1H3;2-5,14H,6-9H2,1H3;1-4,12H,5-7,16H2. The van der Waals surface area contributed by atoms with Gasteiger partial charge in [0, 0.05) is 68.9 Å². The third-order valence-electron chi connectivity index (χ3n) is 9.69. The van der Waals surface area contributed by atoms with Crippen molar-refractivity contribution in [1.29, 1.82) is 5.26 Å². The van der Waals surface area contributed by atoms with Gasteiger partial charge in [-0.25, -0.2) is 0 Å². The molecule has 0 saturated carbocycles. The Bertz CT molecular complexity index is 1800. The summed E-state index contributed by atoms with van der Waals surface area (Å²) in [4.78, 5) is 53.5. The van der Waals surface area contributed by atoms with Crippen molar-refractivity contribution in [3.63, 3.8) is 0 Å². The molecule has 4 atom stereocenters. The van der Waals surface area contributed by atoms with Crippen LogP contribution in [0.2, 0.25) is 0 Å². The molecule has 3 N–H and O–H groups in total. The van der Waals surface area contributed by atoms with E-state index < -0.39 is 5.54 Å². The molecule has 3 aromatic carbocycles. The number of nitrogens with zero attached hydrogens (tertiary/aromatic N) is 4. The predicted molar refractivity (Wildman–Crippen MR) is 199 cm³/mol. The summed E-state index contributed by atoms with van der Waals surface area (Å²) in [6.45, 7) is 8.80. The number of carbonyl (C=O) groups is 4. The molecule has 0 aromatic heterocycles. The molecular weight excluding hydrogens is 668 g/mol. The zero-order valence-corrected chi connectivity index (χ0v) is 30.9. The van der Waals surface area contributed by atoms with Crippen LogP contribution in [0, 0.1) is 11.3 Å². The van der Waals surface area contributed by atoms with Crippen molar-refractivity contribution in [1.82, 2.24) is 30.2 Å². The summed E-state index contributed by atoms with van der Waals surface area (Å²) in [5.74, 6) is -0.164. The normalized spacial score (nSPS) is 22.1. The number of carbonyl (C=O) groups excluding carboxylic acids is 4. The second kappa shape index (κ2) is 16.3. The van der Waals surface area contributed by atoms with E-state index in [1.165, 1.54) is 10.5 Å². The lowest BCUT2D eigenvalue weighted by molar-refractivity contribution is -0.128. The van der Waals surface area contributed by atoms with E-state index in [2.05, 4.69) is 53.3 Å². The Labute approximate surface area is 298 Å². The molecule has 11 nitrogen and oxygen atoms in total. The number of piperazine rings is 1. The van der Waals surface area contributed by atoms with E-state index in [1.807, 2.05) is 72.5 Å². The highest BCUT2D eigenvalue weighted by molar-refractivity contribution is 7.13. The molecule has 3 aromatic rings. The molecule has 0 bridgehead atoms. The van der Waals surface area contributed by atoms with Gasteiger partial charge in [-0.3, -0.25) is 34.3 Å². The van der Waals surface area contributed by atoms with Gasteiger partial charge in [0.1, 0.15) is 5.54 Å². The van der Waals surface area contributed by atoms with E-state index in [9.17, 15) is 24.4 Å². The van der Waals surface area contributed by atoms with Gasteiger partial charge in [-0.05, 0) is 55.2 Å². The van der Waals surface area contributed by atoms with E-state index in [-0.39, 0.29) is 29.2 Å². The van der Waals surface area contributed by atoms with Crippen LogP contribution in [0.15, 0.2) is 72.8 Å². The Morgan fingerprint density at radius 3 is 1.92 bits per heavy atom. The van der Waals surface area contributed by atoms with Crippen LogP contribution < -0.4 is 15.5 Å². The first-order valence-corrected chi connectivity index (χ1v) is 17.9. The molecule has 0 spiro atoms. The van der Waals surface area contributed by atoms with Crippen LogP contribution in [0.3, 0.4) is 0 Å². The topological polar surface area (TPSA) is 138 Å². The Morgan fingerprint density at radius 2 is 1.30 bits per heavy atom. The third kappa shape index (κ3) is 7.81. The largest absolute Gasteiger partial charge is 0.330 e. The third-order valence-corrected chi connectivity index (χ3v) is 10.3. The minimum Gasteiger partial charge on any atom is -0.330 e. The summed E-state index contributed by atoms with van der Waals surface area (Å²) >= 11 is 0. The maximum absolute atomic E-state index is 12.4. The highest BCUT2D eigenvalue weighted by Gasteiger charge is 2.43. The summed E-state index contributed by atoms with van der Waals surface area (Å²) in [5, 5.41) is 18.6. The van der Waals surface area contributed by atoms with Crippen molar-refractivity contribution in [2.45, 2.75) is 44.2 Å². The van der Waals surface area contributed by atoms with Crippen LogP contribution >= 0.6 is 18.8 Å². The number of rotatable bonds is 6. The van der Waals surface area contributed by atoms with Crippen molar-refractivity contribution in [2.24, 2.45) is 0 Å². The van der Waals surface area contributed by atoms with E-state index >= 15 is 0 Å². The summed E-state index contributed by atoms with van der Waals surface area (Å²) in [5.41, 5.74) is 4.43. The Kier molecular flexibility index (Phi) is 12.2. The number of imide groups is 1. The maximum Gasteiger partial charge on any atom is 0.260 e. The Morgan fingerprint density at radius 1 is 0.760 bits per heavy atom. The van der Waals surface area contributed by atoms with Gasteiger partial charge in [0.2, 0.25) is 5.91 Å². The molecule has 4 aliphatic rings. The minimum atomic E-state index is -0.757. The smallest absolute Gasteiger partial charge is 0.260 e. The van der Waals surface area contributed by atoms with Gasteiger partial charge in [0.05, 0.1) is 18.0 Å². The molecule has 0 radical (unpaired) electrons. The average molecular weight is 714 g/mol. The van der Waals surface area contributed by atoms with Gasteiger partial charge in [-0.2, -0.15) is 5.26 Å². The quantitative estimate of drug-likeness (QED) is 0.262. The summed E-state index contributed by atoms with van der Waals surface area (Å²) in [7, 11) is 4.76. The van der Waals surface area contributed by atoms with Crippen molar-refractivity contribution in [2.75, 3.05) is 45.8 Å². The second-order valence-electron chi connectivity index (χ2n) is 13.2. The molecule has 1 fully saturated rings. The fourth-order valence-corrected chi connectivity index (χ4v) is 7.26. The molecule has 4 unspecified atom stereocenters. The first-order valence-electron chi connectivity index (χ1n) is 16.8. The molecule has 262 valence electrons. The zero-order valence-electron chi connectivity index (χ0n) is 28.6. The molecule has 4 amide bonds. The summed E-state index contributed by atoms with van der Waals surface area (Å²) in [6, 6.07) is 25.0. The lowest BCUT2D eigenvalue weighted by Crippen LogP contribution is -2.64. The molecule has 4 heterocycles.